The molecule has 1 aliphatic carbocycles. The summed E-state index contributed by atoms with van der Waals surface area (Å²) in [6, 6.07) is 3.75. The van der Waals surface area contributed by atoms with Gasteiger partial charge in [-0.25, -0.2) is 9.78 Å². The van der Waals surface area contributed by atoms with E-state index in [9.17, 15) is 9.90 Å². The van der Waals surface area contributed by atoms with E-state index >= 15 is 0 Å². The van der Waals surface area contributed by atoms with Gasteiger partial charge in [0.05, 0.1) is 35.9 Å². The minimum absolute atomic E-state index is 0.0450. The zero-order valence-electron chi connectivity index (χ0n) is 15.5. The number of fused-ring (bicyclic) bond motifs is 1. The highest BCUT2D eigenvalue weighted by molar-refractivity contribution is 6.01. The van der Waals surface area contributed by atoms with Crippen molar-refractivity contribution < 1.29 is 14.6 Å². The van der Waals surface area contributed by atoms with Crippen LogP contribution in [0.4, 0.5) is 0 Å². The van der Waals surface area contributed by atoms with E-state index in [2.05, 4.69) is 15.1 Å². The number of hydrogen-bond acceptors (Lipinski definition) is 5. The van der Waals surface area contributed by atoms with Crippen molar-refractivity contribution in [1.29, 1.82) is 0 Å². The molecule has 0 bridgehead atoms. The van der Waals surface area contributed by atoms with Gasteiger partial charge in [-0.3, -0.25) is 9.67 Å². The van der Waals surface area contributed by atoms with Gasteiger partial charge in [-0.2, -0.15) is 5.10 Å². The number of aryl methyl sites for hydroxylation is 2. The van der Waals surface area contributed by atoms with Gasteiger partial charge in [0.25, 0.3) is 0 Å². The van der Waals surface area contributed by atoms with Crippen LogP contribution in [0, 0.1) is 12.8 Å². The Kier molecular flexibility index (Phi) is 4.51. The van der Waals surface area contributed by atoms with Crippen LogP contribution in [0.2, 0.25) is 0 Å². The van der Waals surface area contributed by atoms with Gasteiger partial charge in [0.15, 0.2) is 5.69 Å². The molecule has 0 atom stereocenters. The second-order valence-electron chi connectivity index (χ2n) is 7.01. The molecule has 0 aliphatic heterocycles. The zero-order valence-corrected chi connectivity index (χ0v) is 15.5. The molecule has 0 unspecified atom stereocenters. The van der Waals surface area contributed by atoms with Crippen LogP contribution in [0.25, 0.3) is 10.9 Å². The van der Waals surface area contributed by atoms with E-state index in [0.29, 0.717) is 29.8 Å². The van der Waals surface area contributed by atoms with Crippen molar-refractivity contribution in [2.45, 2.75) is 39.7 Å². The molecule has 3 aromatic rings. The topological polar surface area (TPSA) is 90.1 Å². The Labute approximate surface area is 157 Å². The molecule has 0 aromatic carbocycles. The molecule has 1 aliphatic rings. The van der Waals surface area contributed by atoms with E-state index in [-0.39, 0.29) is 5.69 Å². The Morgan fingerprint density at radius 1 is 1.37 bits per heavy atom. The molecule has 3 heterocycles. The van der Waals surface area contributed by atoms with Crippen molar-refractivity contribution in [2.75, 3.05) is 6.61 Å². The quantitative estimate of drug-likeness (QED) is 0.690. The number of carboxylic acids is 1. The van der Waals surface area contributed by atoms with Crippen molar-refractivity contribution in [2.24, 2.45) is 5.92 Å². The van der Waals surface area contributed by atoms with Crippen LogP contribution in [0.1, 0.15) is 47.2 Å². The van der Waals surface area contributed by atoms with Crippen LogP contribution in [-0.2, 0) is 13.0 Å². The lowest BCUT2D eigenvalue weighted by molar-refractivity contribution is 0.0693. The fourth-order valence-electron chi connectivity index (χ4n) is 3.28. The number of rotatable bonds is 7. The predicted molar refractivity (Wildman–Crippen MR) is 100 cm³/mol. The first-order chi connectivity index (χ1) is 13.1. The van der Waals surface area contributed by atoms with Crippen LogP contribution in [0.15, 0.2) is 24.5 Å². The molecular weight excluding hydrogens is 344 g/mol. The molecule has 0 radical (unpaired) electrons. The summed E-state index contributed by atoms with van der Waals surface area (Å²) in [5.74, 6) is 0.482. The molecule has 7 nitrogen and oxygen atoms in total. The van der Waals surface area contributed by atoms with Crippen molar-refractivity contribution >= 4 is 16.9 Å². The molecule has 1 saturated carbocycles. The van der Waals surface area contributed by atoms with Gasteiger partial charge >= 0.3 is 5.97 Å². The Balaban J connectivity index is 1.64. The number of ether oxygens (including phenoxy) is 1. The number of carbonyl (C=O) groups is 1. The average Bonchev–Trinajstić information content (AvgIpc) is 3.40. The van der Waals surface area contributed by atoms with E-state index in [1.54, 1.807) is 12.3 Å². The molecule has 0 amide bonds. The number of pyridine rings is 2. The lowest BCUT2D eigenvalue weighted by atomic mass is 10.1. The Hall–Kier alpha value is -2.96. The predicted octanol–water partition coefficient (Wildman–Crippen LogP) is 3.23. The largest absolute Gasteiger partial charge is 0.491 e. The van der Waals surface area contributed by atoms with E-state index in [4.69, 9.17) is 4.74 Å². The molecule has 4 rings (SSSR count). The van der Waals surface area contributed by atoms with Crippen molar-refractivity contribution in [3.05, 3.63) is 47.2 Å². The van der Waals surface area contributed by atoms with Crippen LogP contribution < -0.4 is 4.74 Å². The van der Waals surface area contributed by atoms with E-state index < -0.39 is 5.97 Å². The third-order valence-corrected chi connectivity index (χ3v) is 4.90. The monoisotopic (exact) mass is 366 g/mol. The van der Waals surface area contributed by atoms with E-state index in [1.165, 1.54) is 19.0 Å². The summed E-state index contributed by atoms with van der Waals surface area (Å²) in [6.07, 6.45) is 6.42. The highest BCUT2D eigenvalue weighted by Crippen LogP contribution is 2.30. The minimum Gasteiger partial charge on any atom is -0.491 e. The second kappa shape index (κ2) is 6.98. The van der Waals surface area contributed by atoms with E-state index in [0.717, 1.165) is 29.3 Å². The maximum Gasteiger partial charge on any atom is 0.355 e. The van der Waals surface area contributed by atoms with Gasteiger partial charge in [0.1, 0.15) is 5.75 Å². The summed E-state index contributed by atoms with van der Waals surface area (Å²) in [4.78, 5) is 20.1. The van der Waals surface area contributed by atoms with Gasteiger partial charge in [-0.05, 0) is 49.8 Å². The average molecular weight is 366 g/mol. The molecule has 3 aromatic heterocycles. The normalized spacial score (nSPS) is 13.9. The Bertz CT molecular complexity index is 1010. The highest BCUT2D eigenvalue weighted by Gasteiger charge is 2.22. The van der Waals surface area contributed by atoms with Gasteiger partial charge in [0, 0.05) is 11.9 Å². The molecule has 1 N–H and O–H groups in total. The summed E-state index contributed by atoms with van der Waals surface area (Å²) in [5.41, 5.74) is 3.44. The smallest absolute Gasteiger partial charge is 0.355 e. The highest BCUT2D eigenvalue weighted by atomic mass is 16.5. The van der Waals surface area contributed by atoms with Crippen molar-refractivity contribution in [3.8, 4) is 5.75 Å². The number of nitrogens with zero attached hydrogens (tertiary/aromatic N) is 4. The van der Waals surface area contributed by atoms with Crippen LogP contribution >= 0.6 is 0 Å². The van der Waals surface area contributed by atoms with Gasteiger partial charge < -0.3 is 9.84 Å². The summed E-state index contributed by atoms with van der Waals surface area (Å²) in [5, 5.41) is 14.6. The third kappa shape index (κ3) is 3.49. The van der Waals surface area contributed by atoms with Crippen molar-refractivity contribution in [1.82, 2.24) is 19.7 Å². The summed E-state index contributed by atoms with van der Waals surface area (Å²) in [6.45, 7) is 5.23. The summed E-state index contributed by atoms with van der Waals surface area (Å²) in [7, 11) is 0. The first-order valence-electron chi connectivity index (χ1n) is 9.22. The molecule has 0 saturated heterocycles. The Morgan fingerprint density at radius 2 is 2.19 bits per heavy atom. The van der Waals surface area contributed by atoms with Crippen LogP contribution in [0.3, 0.4) is 0 Å². The summed E-state index contributed by atoms with van der Waals surface area (Å²) >= 11 is 0. The lowest BCUT2D eigenvalue weighted by Gasteiger charge is -2.11. The minimum atomic E-state index is -1.04. The number of carboxylic acid groups (broad SMARTS) is 1. The maximum absolute atomic E-state index is 11.5. The molecular formula is C20H22N4O3. The van der Waals surface area contributed by atoms with Gasteiger partial charge in [0.2, 0.25) is 0 Å². The molecule has 27 heavy (non-hydrogen) atoms. The SMILES string of the molecule is CCc1c2c(C(=O)O)nccc2nn1Cc1cc(C)c(OCC2CC2)cn1. The molecule has 140 valence electrons. The second-order valence-corrected chi connectivity index (χ2v) is 7.01. The Morgan fingerprint density at radius 3 is 2.85 bits per heavy atom. The van der Waals surface area contributed by atoms with Gasteiger partial charge in [-0.15, -0.1) is 0 Å². The third-order valence-electron chi connectivity index (χ3n) is 4.90. The zero-order chi connectivity index (χ0) is 19.0. The molecule has 0 spiro atoms. The number of aromatic nitrogens is 4. The molecule has 7 heteroatoms. The first-order valence-corrected chi connectivity index (χ1v) is 9.22. The van der Waals surface area contributed by atoms with Crippen LogP contribution in [0.5, 0.6) is 5.75 Å². The number of hydrogen-bond donors (Lipinski definition) is 1. The lowest BCUT2D eigenvalue weighted by Crippen LogP contribution is -2.09. The fourth-order valence-corrected chi connectivity index (χ4v) is 3.28. The first kappa shape index (κ1) is 17.5. The van der Waals surface area contributed by atoms with Crippen molar-refractivity contribution in [3.63, 3.8) is 0 Å². The molecule has 1 fully saturated rings. The van der Waals surface area contributed by atoms with Gasteiger partial charge in [-0.1, -0.05) is 6.92 Å². The van der Waals surface area contributed by atoms with Crippen LogP contribution in [-0.4, -0.2) is 37.4 Å². The summed E-state index contributed by atoms with van der Waals surface area (Å²) < 4.78 is 7.67. The maximum atomic E-state index is 11.5. The van der Waals surface area contributed by atoms with E-state index in [1.807, 2.05) is 24.6 Å². The number of aromatic carboxylic acids is 1. The standard InChI is InChI=1S/C20H22N4O3/c1-3-16-18-15(6-7-21-19(18)20(25)26)23-24(16)10-14-8-12(2)17(9-22-14)27-11-13-4-5-13/h6-9,13H,3-5,10-11H2,1-2H3,(H,25,26). The fraction of sp³-hybridized carbons (Fsp3) is 0.400.